The first-order valence-corrected chi connectivity index (χ1v) is 11.6. The summed E-state index contributed by atoms with van der Waals surface area (Å²) in [5, 5.41) is 0.791. The summed E-state index contributed by atoms with van der Waals surface area (Å²) in [6.07, 6.45) is 1.01. The number of rotatable bonds is 5. The molecule has 1 saturated heterocycles. The predicted octanol–water partition coefficient (Wildman–Crippen LogP) is 5.02. The van der Waals surface area contributed by atoms with Gasteiger partial charge in [0.2, 0.25) is 10.0 Å². The Morgan fingerprint density at radius 2 is 1.76 bits per heavy atom. The molecule has 0 bridgehead atoms. The quantitative estimate of drug-likeness (QED) is 0.593. The number of ether oxygens (including phenoxy) is 1. The lowest BCUT2D eigenvalue weighted by Crippen LogP contribution is -2.42. The van der Waals surface area contributed by atoms with Crippen molar-refractivity contribution >= 4 is 39.2 Å². The highest BCUT2D eigenvalue weighted by atomic mass is 35.5. The Hall–Kier alpha value is -1.60. The minimum atomic E-state index is -3.67. The van der Waals surface area contributed by atoms with Gasteiger partial charge >= 0.3 is 5.97 Å². The zero-order chi connectivity index (χ0) is 21.2. The van der Waals surface area contributed by atoms with E-state index < -0.39 is 16.0 Å². The summed E-state index contributed by atoms with van der Waals surface area (Å²) >= 11 is 11.8. The van der Waals surface area contributed by atoms with Crippen LogP contribution in [0, 0.1) is 11.8 Å². The van der Waals surface area contributed by atoms with Crippen molar-refractivity contribution in [2.75, 3.05) is 13.1 Å². The highest BCUT2D eigenvalue weighted by Gasteiger charge is 2.32. The van der Waals surface area contributed by atoms with Crippen molar-refractivity contribution in [1.29, 1.82) is 0 Å². The van der Waals surface area contributed by atoms with Crippen molar-refractivity contribution < 1.29 is 17.9 Å². The van der Waals surface area contributed by atoms with Crippen LogP contribution in [0.4, 0.5) is 0 Å². The molecule has 2 aromatic rings. The van der Waals surface area contributed by atoms with Crippen molar-refractivity contribution in [3.05, 3.63) is 63.6 Å². The lowest BCUT2D eigenvalue weighted by molar-refractivity contribution is 0.0472. The molecule has 2 atom stereocenters. The second-order valence-corrected chi connectivity index (χ2v) is 10.4. The van der Waals surface area contributed by atoms with E-state index in [1.807, 2.05) is 0 Å². The summed E-state index contributed by atoms with van der Waals surface area (Å²) in [6.45, 7) is 5.08. The molecule has 0 radical (unpaired) electrons. The van der Waals surface area contributed by atoms with Crippen LogP contribution in [0.5, 0.6) is 0 Å². The van der Waals surface area contributed by atoms with E-state index in [2.05, 4.69) is 13.8 Å². The number of piperidine rings is 1. The average molecular weight is 456 g/mol. The minimum Gasteiger partial charge on any atom is -0.457 e. The molecule has 0 spiro atoms. The summed E-state index contributed by atoms with van der Waals surface area (Å²) in [7, 11) is -3.67. The summed E-state index contributed by atoms with van der Waals surface area (Å²) in [5.41, 5.74) is 0.872. The molecule has 0 amide bonds. The maximum atomic E-state index is 13.0. The zero-order valence-electron chi connectivity index (χ0n) is 16.3. The molecule has 156 valence electrons. The predicted molar refractivity (Wildman–Crippen MR) is 114 cm³/mol. The van der Waals surface area contributed by atoms with Crippen LogP contribution in [0.3, 0.4) is 0 Å². The molecule has 5 nitrogen and oxygen atoms in total. The Morgan fingerprint density at radius 3 is 2.41 bits per heavy atom. The van der Waals surface area contributed by atoms with E-state index in [-0.39, 0.29) is 17.1 Å². The Labute approximate surface area is 181 Å². The van der Waals surface area contributed by atoms with Crippen LogP contribution in [-0.4, -0.2) is 31.8 Å². The van der Waals surface area contributed by atoms with Crippen LogP contribution in [0.1, 0.15) is 36.2 Å². The molecule has 0 aliphatic carbocycles. The number of carbonyl (C=O) groups excluding carboxylic acids is 1. The minimum absolute atomic E-state index is 0.00779. The van der Waals surface area contributed by atoms with Gasteiger partial charge in [-0.2, -0.15) is 4.31 Å². The number of esters is 1. The highest BCUT2D eigenvalue weighted by molar-refractivity contribution is 7.89. The normalized spacial score (nSPS) is 20.4. The van der Waals surface area contributed by atoms with Gasteiger partial charge in [-0.25, -0.2) is 13.2 Å². The fourth-order valence-corrected chi connectivity index (χ4v) is 5.64. The van der Waals surface area contributed by atoms with Crippen LogP contribution in [-0.2, 0) is 21.4 Å². The van der Waals surface area contributed by atoms with E-state index in [1.165, 1.54) is 22.5 Å². The number of carbonyl (C=O) groups is 1. The second-order valence-electron chi connectivity index (χ2n) is 7.62. The van der Waals surface area contributed by atoms with Gasteiger partial charge in [0.05, 0.1) is 20.5 Å². The van der Waals surface area contributed by atoms with Gasteiger partial charge in [-0.1, -0.05) is 49.2 Å². The molecule has 3 rings (SSSR count). The second kappa shape index (κ2) is 9.04. The molecule has 1 heterocycles. The number of hydrogen-bond acceptors (Lipinski definition) is 4. The van der Waals surface area contributed by atoms with Gasteiger partial charge in [0.25, 0.3) is 0 Å². The Balaban J connectivity index is 1.74. The van der Waals surface area contributed by atoms with Gasteiger partial charge in [-0.05, 0) is 54.2 Å². The molecule has 0 aromatic heterocycles. The van der Waals surface area contributed by atoms with E-state index in [0.717, 1.165) is 6.42 Å². The monoisotopic (exact) mass is 455 g/mol. The van der Waals surface area contributed by atoms with Gasteiger partial charge in [0.1, 0.15) is 6.61 Å². The molecule has 0 saturated carbocycles. The van der Waals surface area contributed by atoms with Gasteiger partial charge in [-0.3, -0.25) is 0 Å². The van der Waals surface area contributed by atoms with Crippen molar-refractivity contribution in [2.45, 2.75) is 31.8 Å². The Bertz CT molecular complexity index is 999. The standard InChI is InChI=1S/C21H23Cl2NO4S/c1-14-8-15(2)12-24(11-14)29(26,27)18-5-3-4-17(10-18)21(25)28-13-16-6-7-19(22)20(23)9-16/h3-7,9-10,14-15H,8,11-13H2,1-2H3. The van der Waals surface area contributed by atoms with Gasteiger partial charge in [0.15, 0.2) is 0 Å². The molecule has 0 N–H and O–H groups in total. The SMILES string of the molecule is CC1CC(C)CN(S(=O)(=O)c2cccc(C(=O)OCc3ccc(Cl)c(Cl)c3)c2)C1. The summed E-state index contributed by atoms with van der Waals surface area (Å²) < 4.78 is 32.9. The molecule has 2 unspecified atom stereocenters. The summed E-state index contributed by atoms with van der Waals surface area (Å²) in [6, 6.07) is 10.9. The fraction of sp³-hybridized carbons (Fsp3) is 0.381. The highest BCUT2D eigenvalue weighted by Crippen LogP contribution is 2.27. The van der Waals surface area contributed by atoms with Crippen LogP contribution in [0.25, 0.3) is 0 Å². The first kappa shape index (κ1) is 22.1. The summed E-state index contributed by atoms with van der Waals surface area (Å²) in [5.74, 6) is -0.00533. The number of nitrogens with zero attached hydrogens (tertiary/aromatic N) is 1. The first-order valence-electron chi connectivity index (χ1n) is 9.38. The van der Waals surface area contributed by atoms with Crippen molar-refractivity contribution in [1.82, 2.24) is 4.31 Å². The average Bonchev–Trinajstić information content (AvgIpc) is 2.68. The lowest BCUT2D eigenvalue weighted by Gasteiger charge is -2.34. The maximum absolute atomic E-state index is 13.0. The molecular weight excluding hydrogens is 433 g/mol. The van der Waals surface area contributed by atoms with E-state index in [1.54, 1.807) is 24.3 Å². The van der Waals surface area contributed by atoms with E-state index >= 15 is 0 Å². The third-order valence-electron chi connectivity index (χ3n) is 4.90. The zero-order valence-corrected chi connectivity index (χ0v) is 18.6. The van der Waals surface area contributed by atoms with Gasteiger partial charge in [0, 0.05) is 13.1 Å². The Morgan fingerprint density at radius 1 is 1.07 bits per heavy atom. The van der Waals surface area contributed by atoms with Gasteiger partial charge in [-0.15, -0.1) is 0 Å². The van der Waals surface area contributed by atoms with E-state index in [0.29, 0.717) is 40.5 Å². The van der Waals surface area contributed by atoms with Crippen molar-refractivity contribution in [3.63, 3.8) is 0 Å². The molecule has 2 aromatic carbocycles. The van der Waals surface area contributed by atoms with Crippen LogP contribution in [0.15, 0.2) is 47.4 Å². The molecule has 1 fully saturated rings. The van der Waals surface area contributed by atoms with Crippen LogP contribution >= 0.6 is 23.2 Å². The third kappa shape index (κ3) is 5.31. The van der Waals surface area contributed by atoms with Crippen LogP contribution in [0.2, 0.25) is 10.0 Å². The van der Waals surface area contributed by atoms with Crippen molar-refractivity contribution in [2.24, 2.45) is 11.8 Å². The van der Waals surface area contributed by atoms with E-state index in [4.69, 9.17) is 27.9 Å². The topological polar surface area (TPSA) is 63.7 Å². The summed E-state index contributed by atoms with van der Waals surface area (Å²) in [4.78, 5) is 12.5. The van der Waals surface area contributed by atoms with Crippen LogP contribution < -0.4 is 0 Å². The molecule has 29 heavy (non-hydrogen) atoms. The fourth-order valence-electron chi connectivity index (χ4n) is 3.60. The lowest BCUT2D eigenvalue weighted by atomic mass is 9.94. The largest absolute Gasteiger partial charge is 0.457 e. The first-order chi connectivity index (χ1) is 13.7. The number of sulfonamides is 1. The third-order valence-corrected chi connectivity index (χ3v) is 7.46. The number of halogens is 2. The molecule has 8 heteroatoms. The Kier molecular flexibility index (Phi) is 6.89. The molecule has 1 aliphatic rings. The van der Waals surface area contributed by atoms with Gasteiger partial charge < -0.3 is 4.74 Å². The van der Waals surface area contributed by atoms with E-state index in [9.17, 15) is 13.2 Å². The smallest absolute Gasteiger partial charge is 0.338 e. The molecule has 1 aliphatic heterocycles. The molecular formula is C21H23Cl2NO4S. The number of benzene rings is 2. The van der Waals surface area contributed by atoms with Crippen molar-refractivity contribution in [3.8, 4) is 0 Å². The maximum Gasteiger partial charge on any atom is 0.338 e. The number of hydrogen-bond donors (Lipinski definition) is 0.